The van der Waals surface area contributed by atoms with Gasteiger partial charge in [0.2, 0.25) is 0 Å². The summed E-state index contributed by atoms with van der Waals surface area (Å²) >= 11 is 0. The van der Waals surface area contributed by atoms with Crippen LogP contribution in [0.25, 0.3) is 0 Å². The van der Waals surface area contributed by atoms with Crippen LogP contribution in [-0.2, 0) is 6.42 Å². The van der Waals surface area contributed by atoms with Gasteiger partial charge < -0.3 is 10.4 Å². The zero-order valence-corrected chi connectivity index (χ0v) is 10.6. The van der Waals surface area contributed by atoms with Crippen LogP contribution in [0, 0.1) is 5.92 Å². The second-order valence-corrected chi connectivity index (χ2v) is 4.69. The molecule has 1 aromatic carbocycles. The van der Waals surface area contributed by atoms with Gasteiger partial charge in [0, 0.05) is 24.1 Å². The second-order valence-electron chi connectivity index (χ2n) is 4.69. The van der Waals surface area contributed by atoms with Crippen molar-refractivity contribution in [3.8, 4) is 0 Å². The van der Waals surface area contributed by atoms with Gasteiger partial charge in [-0.3, -0.25) is 4.79 Å². The highest BCUT2D eigenvalue weighted by Crippen LogP contribution is 2.17. The SMILES string of the molecule is CCc1ccc(C(=O)N[C@@H]2C=C[C@H](CO)C2)cc1. The lowest BCUT2D eigenvalue weighted by atomic mass is 10.1. The molecule has 3 nitrogen and oxygen atoms in total. The maximum atomic E-state index is 12.0. The van der Waals surface area contributed by atoms with Crippen molar-refractivity contribution in [1.29, 1.82) is 0 Å². The molecule has 1 aromatic rings. The molecule has 3 heteroatoms. The Morgan fingerprint density at radius 3 is 2.61 bits per heavy atom. The largest absolute Gasteiger partial charge is 0.396 e. The van der Waals surface area contributed by atoms with Crippen LogP contribution in [-0.4, -0.2) is 23.7 Å². The third-order valence-electron chi connectivity index (χ3n) is 3.35. The van der Waals surface area contributed by atoms with Gasteiger partial charge >= 0.3 is 0 Å². The van der Waals surface area contributed by atoms with Gasteiger partial charge in [-0.1, -0.05) is 31.2 Å². The summed E-state index contributed by atoms with van der Waals surface area (Å²) in [6.07, 6.45) is 5.69. The minimum absolute atomic E-state index is 0.0421. The highest BCUT2D eigenvalue weighted by atomic mass is 16.3. The summed E-state index contributed by atoms with van der Waals surface area (Å²) in [4.78, 5) is 12.0. The zero-order valence-electron chi connectivity index (χ0n) is 10.6. The number of carbonyl (C=O) groups excluding carboxylic acids is 1. The number of benzene rings is 1. The summed E-state index contributed by atoms with van der Waals surface area (Å²) in [7, 11) is 0. The number of aliphatic hydroxyl groups is 1. The van der Waals surface area contributed by atoms with E-state index >= 15 is 0 Å². The Morgan fingerprint density at radius 1 is 1.33 bits per heavy atom. The highest BCUT2D eigenvalue weighted by Gasteiger charge is 2.20. The molecule has 0 bridgehead atoms. The number of rotatable bonds is 4. The van der Waals surface area contributed by atoms with Crippen molar-refractivity contribution in [1.82, 2.24) is 5.32 Å². The molecule has 0 aliphatic heterocycles. The maximum Gasteiger partial charge on any atom is 0.251 e. The number of aryl methyl sites for hydroxylation is 1. The van der Waals surface area contributed by atoms with Crippen molar-refractivity contribution in [2.45, 2.75) is 25.8 Å². The minimum Gasteiger partial charge on any atom is -0.396 e. The molecule has 2 rings (SSSR count). The van der Waals surface area contributed by atoms with E-state index in [4.69, 9.17) is 5.11 Å². The van der Waals surface area contributed by atoms with Crippen LogP contribution in [0.15, 0.2) is 36.4 Å². The first-order valence-corrected chi connectivity index (χ1v) is 6.42. The molecule has 0 saturated heterocycles. The van der Waals surface area contributed by atoms with Crippen LogP contribution in [0.3, 0.4) is 0 Å². The van der Waals surface area contributed by atoms with Gasteiger partial charge in [0.05, 0.1) is 0 Å². The molecule has 2 atom stereocenters. The van der Waals surface area contributed by atoms with E-state index in [0.29, 0.717) is 5.56 Å². The zero-order chi connectivity index (χ0) is 13.0. The summed E-state index contributed by atoms with van der Waals surface area (Å²) in [6, 6.07) is 7.72. The molecular formula is C15H19NO2. The van der Waals surface area contributed by atoms with Gasteiger partial charge in [-0.25, -0.2) is 0 Å². The van der Waals surface area contributed by atoms with Crippen LogP contribution in [0.5, 0.6) is 0 Å². The number of carbonyl (C=O) groups is 1. The molecule has 0 radical (unpaired) electrons. The van der Waals surface area contributed by atoms with Gasteiger partial charge in [0.15, 0.2) is 0 Å². The lowest BCUT2D eigenvalue weighted by molar-refractivity contribution is 0.0941. The van der Waals surface area contributed by atoms with E-state index in [0.717, 1.165) is 12.8 Å². The van der Waals surface area contributed by atoms with E-state index in [1.807, 2.05) is 36.4 Å². The standard InChI is InChI=1S/C15H19NO2/c1-2-11-3-6-13(7-4-11)15(18)16-14-8-5-12(9-14)10-17/h3-8,12,14,17H,2,9-10H2,1H3,(H,16,18)/t12-,14+/m0/s1. The molecule has 2 N–H and O–H groups in total. The Labute approximate surface area is 108 Å². The van der Waals surface area contributed by atoms with Crippen molar-refractivity contribution in [2.24, 2.45) is 5.92 Å². The van der Waals surface area contributed by atoms with E-state index in [-0.39, 0.29) is 24.5 Å². The molecule has 0 unspecified atom stereocenters. The second kappa shape index (κ2) is 5.83. The van der Waals surface area contributed by atoms with Crippen molar-refractivity contribution in [2.75, 3.05) is 6.61 Å². The van der Waals surface area contributed by atoms with Gasteiger partial charge in [-0.15, -0.1) is 0 Å². The Hall–Kier alpha value is -1.61. The van der Waals surface area contributed by atoms with Crippen LogP contribution in [0.1, 0.15) is 29.3 Å². The van der Waals surface area contributed by atoms with E-state index in [1.54, 1.807) is 0 Å². The van der Waals surface area contributed by atoms with E-state index in [9.17, 15) is 4.79 Å². The summed E-state index contributed by atoms with van der Waals surface area (Å²) in [5, 5.41) is 12.0. The summed E-state index contributed by atoms with van der Waals surface area (Å²) in [5.41, 5.74) is 1.92. The smallest absolute Gasteiger partial charge is 0.251 e. The number of aliphatic hydroxyl groups excluding tert-OH is 1. The first-order valence-electron chi connectivity index (χ1n) is 6.42. The molecule has 96 valence electrons. The first-order chi connectivity index (χ1) is 8.72. The van der Waals surface area contributed by atoms with Crippen LogP contribution >= 0.6 is 0 Å². The molecule has 1 amide bonds. The van der Waals surface area contributed by atoms with Crippen LogP contribution in [0.4, 0.5) is 0 Å². The monoisotopic (exact) mass is 245 g/mol. The summed E-state index contributed by atoms with van der Waals surface area (Å²) in [5.74, 6) is 0.128. The van der Waals surface area contributed by atoms with E-state index < -0.39 is 0 Å². The van der Waals surface area contributed by atoms with Crippen molar-refractivity contribution in [3.63, 3.8) is 0 Å². The van der Waals surface area contributed by atoms with E-state index in [1.165, 1.54) is 5.56 Å². The fourth-order valence-electron chi connectivity index (χ4n) is 2.16. The Bertz CT molecular complexity index is 436. The Kier molecular flexibility index (Phi) is 4.15. The first kappa shape index (κ1) is 12.8. The normalized spacial score (nSPS) is 22.1. The van der Waals surface area contributed by atoms with Crippen LogP contribution < -0.4 is 5.32 Å². The number of hydrogen-bond donors (Lipinski definition) is 2. The van der Waals surface area contributed by atoms with E-state index in [2.05, 4.69) is 12.2 Å². The Morgan fingerprint density at radius 2 is 2.06 bits per heavy atom. The van der Waals surface area contributed by atoms with Crippen molar-refractivity contribution in [3.05, 3.63) is 47.5 Å². The van der Waals surface area contributed by atoms with Gasteiger partial charge in [0.1, 0.15) is 0 Å². The average Bonchev–Trinajstić information content (AvgIpc) is 2.86. The van der Waals surface area contributed by atoms with Crippen molar-refractivity contribution < 1.29 is 9.90 Å². The number of hydrogen-bond acceptors (Lipinski definition) is 2. The molecule has 1 aliphatic carbocycles. The molecular weight excluding hydrogens is 226 g/mol. The average molecular weight is 245 g/mol. The molecule has 0 aromatic heterocycles. The van der Waals surface area contributed by atoms with Gasteiger partial charge in [0.25, 0.3) is 5.91 Å². The number of nitrogens with one attached hydrogen (secondary N) is 1. The quantitative estimate of drug-likeness (QED) is 0.796. The molecule has 18 heavy (non-hydrogen) atoms. The highest BCUT2D eigenvalue weighted by molar-refractivity contribution is 5.94. The van der Waals surface area contributed by atoms with Crippen molar-refractivity contribution >= 4 is 5.91 Å². The maximum absolute atomic E-state index is 12.0. The van der Waals surface area contributed by atoms with Crippen LogP contribution in [0.2, 0.25) is 0 Å². The van der Waals surface area contributed by atoms with Gasteiger partial charge in [-0.2, -0.15) is 0 Å². The topological polar surface area (TPSA) is 49.3 Å². The Balaban J connectivity index is 1.93. The fourth-order valence-corrected chi connectivity index (χ4v) is 2.16. The third kappa shape index (κ3) is 2.99. The predicted molar refractivity (Wildman–Crippen MR) is 71.4 cm³/mol. The minimum atomic E-state index is -0.0501. The lowest BCUT2D eigenvalue weighted by Gasteiger charge is -2.12. The molecule has 0 fully saturated rings. The summed E-state index contributed by atoms with van der Waals surface area (Å²) < 4.78 is 0. The molecule has 1 aliphatic rings. The third-order valence-corrected chi connectivity index (χ3v) is 3.35. The molecule has 0 heterocycles. The number of amides is 1. The predicted octanol–water partition coefficient (Wildman–Crippen LogP) is 1.92. The molecule has 0 saturated carbocycles. The lowest BCUT2D eigenvalue weighted by Crippen LogP contribution is -2.32. The fraction of sp³-hybridized carbons (Fsp3) is 0.400. The summed E-state index contributed by atoms with van der Waals surface area (Å²) in [6.45, 7) is 2.24. The molecule has 0 spiro atoms. The van der Waals surface area contributed by atoms with Gasteiger partial charge in [-0.05, 0) is 30.5 Å².